The lowest BCUT2D eigenvalue weighted by atomic mass is 9.86. The fraction of sp³-hybridized carbons (Fsp3) is 0.750. The molecule has 0 saturated heterocycles. The first-order valence-corrected chi connectivity index (χ1v) is 6.79. The number of rotatable bonds is 3. The van der Waals surface area contributed by atoms with E-state index in [1.165, 1.54) is 11.8 Å². The second-order valence-electron chi connectivity index (χ2n) is 4.45. The molecule has 0 aromatic carbocycles. The molecule has 0 radical (unpaired) electrons. The van der Waals surface area contributed by atoms with E-state index in [0.717, 1.165) is 25.0 Å². The van der Waals surface area contributed by atoms with E-state index in [9.17, 15) is 4.79 Å². The molecule has 1 rings (SSSR count). The highest BCUT2D eigenvalue weighted by Gasteiger charge is 2.31. The largest absolute Gasteiger partial charge is 0.403 e. The van der Waals surface area contributed by atoms with Gasteiger partial charge in [0.15, 0.2) is 0 Å². The number of nitrogens with one attached hydrogen (secondary N) is 1. The Hall–Kier alpha value is -0.680. The molecule has 0 aromatic heterocycles. The normalized spacial score (nSPS) is 30.1. The number of hydrogen-bond donors (Lipinski definition) is 2. The number of thioether (sulfide) groups is 1. The van der Waals surface area contributed by atoms with Crippen molar-refractivity contribution in [1.82, 2.24) is 5.32 Å². The fourth-order valence-electron chi connectivity index (χ4n) is 2.23. The van der Waals surface area contributed by atoms with Crippen molar-refractivity contribution >= 4 is 17.0 Å². The van der Waals surface area contributed by atoms with Crippen LogP contribution in [0.4, 0.5) is 4.79 Å². The van der Waals surface area contributed by atoms with Crippen LogP contribution < -0.4 is 11.1 Å². The molecule has 1 aliphatic rings. The molecule has 0 spiro atoms. The number of methoxy groups -OCH3 is 1. The number of nitrogens with two attached hydrogens (primary N) is 1. The van der Waals surface area contributed by atoms with Gasteiger partial charge >= 0.3 is 0 Å². The van der Waals surface area contributed by atoms with Crippen LogP contribution in [0.25, 0.3) is 0 Å². The summed E-state index contributed by atoms with van der Waals surface area (Å²) in [5.74, 6) is 0.478. The minimum absolute atomic E-state index is 0.0149. The van der Waals surface area contributed by atoms with Gasteiger partial charge in [0.05, 0.1) is 6.10 Å². The van der Waals surface area contributed by atoms with Crippen LogP contribution in [0.1, 0.15) is 26.2 Å². The van der Waals surface area contributed by atoms with Crippen molar-refractivity contribution in [2.24, 2.45) is 11.7 Å². The van der Waals surface area contributed by atoms with Crippen LogP contribution in [-0.2, 0) is 4.74 Å². The number of hydrogen-bond acceptors (Lipinski definition) is 4. The molecule has 5 heteroatoms. The quantitative estimate of drug-likeness (QED) is 0.813. The smallest absolute Gasteiger partial charge is 0.279 e. The Morgan fingerprint density at radius 3 is 2.76 bits per heavy atom. The Labute approximate surface area is 107 Å². The predicted molar refractivity (Wildman–Crippen MR) is 71.9 cm³/mol. The molecule has 1 fully saturated rings. The number of carbonyl (C=O) groups excluding carboxylic acids is 1. The minimum Gasteiger partial charge on any atom is -0.403 e. The van der Waals surface area contributed by atoms with Gasteiger partial charge in [-0.05, 0) is 32.1 Å². The first kappa shape index (κ1) is 14.4. The lowest BCUT2D eigenvalue weighted by molar-refractivity contribution is 0.0643. The zero-order valence-electron chi connectivity index (χ0n) is 10.7. The number of allylic oxidation sites excluding steroid dienone is 2. The summed E-state index contributed by atoms with van der Waals surface area (Å²) in [7, 11) is 3.37. The maximum absolute atomic E-state index is 11.4. The summed E-state index contributed by atoms with van der Waals surface area (Å²) in [6.45, 7) is 1.91. The molecule has 4 nitrogen and oxygen atoms in total. The Kier molecular flexibility index (Phi) is 5.85. The van der Waals surface area contributed by atoms with Crippen molar-refractivity contribution in [2.45, 2.75) is 37.5 Å². The van der Waals surface area contributed by atoms with Gasteiger partial charge in [0.2, 0.25) is 0 Å². The van der Waals surface area contributed by atoms with Gasteiger partial charge in [-0.15, -0.1) is 0 Å². The maximum Gasteiger partial charge on any atom is 0.279 e. The first-order chi connectivity index (χ1) is 8.06. The topological polar surface area (TPSA) is 64.4 Å². The van der Waals surface area contributed by atoms with E-state index in [0.29, 0.717) is 5.92 Å². The Morgan fingerprint density at radius 2 is 2.24 bits per heavy atom. The van der Waals surface area contributed by atoms with Crippen LogP contribution in [0.5, 0.6) is 0 Å². The van der Waals surface area contributed by atoms with Gasteiger partial charge in [0.25, 0.3) is 5.24 Å². The highest BCUT2D eigenvalue weighted by atomic mass is 32.2. The second kappa shape index (κ2) is 6.91. The van der Waals surface area contributed by atoms with E-state index in [4.69, 9.17) is 10.5 Å². The molecule has 3 atom stereocenters. The summed E-state index contributed by atoms with van der Waals surface area (Å²) in [5.41, 5.74) is 6.56. The second-order valence-corrected chi connectivity index (χ2v) is 5.66. The number of ether oxygens (including phenoxy) is 1. The van der Waals surface area contributed by atoms with Gasteiger partial charge in [0, 0.05) is 25.1 Å². The van der Waals surface area contributed by atoms with Crippen LogP contribution in [0.3, 0.4) is 0 Å². The van der Waals surface area contributed by atoms with Crippen molar-refractivity contribution in [3.05, 3.63) is 11.8 Å². The Bertz CT molecular complexity index is 290. The molecule has 1 unspecified atom stereocenters. The Morgan fingerprint density at radius 1 is 1.53 bits per heavy atom. The van der Waals surface area contributed by atoms with Crippen molar-refractivity contribution in [1.29, 1.82) is 0 Å². The lowest BCUT2D eigenvalue weighted by Crippen LogP contribution is -2.34. The van der Waals surface area contributed by atoms with Gasteiger partial charge in [0.1, 0.15) is 0 Å². The van der Waals surface area contributed by atoms with Gasteiger partial charge in [-0.1, -0.05) is 17.8 Å². The number of carbonyl (C=O) groups is 1. The summed E-state index contributed by atoms with van der Waals surface area (Å²) in [6, 6.07) is 0. The zero-order valence-corrected chi connectivity index (χ0v) is 11.5. The molecule has 0 aliphatic heterocycles. The maximum atomic E-state index is 11.4. The molecule has 98 valence electrons. The summed E-state index contributed by atoms with van der Waals surface area (Å²) < 4.78 is 5.49. The molecule has 0 heterocycles. The predicted octanol–water partition coefficient (Wildman–Crippen LogP) is 2.11. The molecular weight excluding hydrogens is 236 g/mol. The molecule has 0 bridgehead atoms. The molecule has 1 aliphatic carbocycles. The third-order valence-electron chi connectivity index (χ3n) is 3.04. The van der Waals surface area contributed by atoms with Crippen LogP contribution in [0, 0.1) is 5.92 Å². The van der Waals surface area contributed by atoms with Crippen molar-refractivity contribution in [2.75, 3.05) is 14.2 Å². The van der Waals surface area contributed by atoms with Gasteiger partial charge < -0.3 is 15.8 Å². The monoisotopic (exact) mass is 258 g/mol. The summed E-state index contributed by atoms with van der Waals surface area (Å²) in [6.07, 6.45) is 5.24. The van der Waals surface area contributed by atoms with Crippen molar-refractivity contribution in [3.63, 3.8) is 0 Å². The van der Waals surface area contributed by atoms with E-state index in [1.54, 1.807) is 14.2 Å². The van der Waals surface area contributed by atoms with Gasteiger partial charge in [-0.2, -0.15) is 0 Å². The molecule has 0 aromatic rings. The average Bonchev–Trinajstić information content (AvgIpc) is 2.30. The van der Waals surface area contributed by atoms with Crippen LogP contribution >= 0.6 is 11.8 Å². The third-order valence-corrected chi connectivity index (χ3v) is 4.30. The summed E-state index contributed by atoms with van der Waals surface area (Å²) in [5, 5.41) is 2.90. The summed E-state index contributed by atoms with van der Waals surface area (Å²) >= 11 is 1.35. The van der Waals surface area contributed by atoms with E-state index >= 15 is 0 Å². The first-order valence-electron chi connectivity index (χ1n) is 5.91. The lowest BCUT2D eigenvalue weighted by Gasteiger charge is -2.33. The highest BCUT2D eigenvalue weighted by molar-refractivity contribution is 8.14. The zero-order chi connectivity index (χ0) is 12.8. The van der Waals surface area contributed by atoms with E-state index in [1.807, 2.05) is 6.92 Å². The molecule has 3 N–H and O–H groups in total. The standard InChI is InChI=1S/C12H22N2O2S/c1-8(13)6-9-4-5-11(10(7-9)16-3)17-12(15)14-2/h6,9-11H,4-5,7,13H2,1-3H3,(H,14,15)/b8-6+/t9-,10+,11?/m0/s1. The SMILES string of the molecule is CNC(=O)SC1CC[C@@H](/C=C(\C)N)C[C@H]1OC. The third kappa shape index (κ3) is 4.60. The van der Waals surface area contributed by atoms with E-state index in [2.05, 4.69) is 11.4 Å². The van der Waals surface area contributed by atoms with Crippen LogP contribution in [0.2, 0.25) is 0 Å². The van der Waals surface area contributed by atoms with E-state index < -0.39 is 0 Å². The van der Waals surface area contributed by atoms with Crippen molar-refractivity contribution in [3.8, 4) is 0 Å². The molecular formula is C12H22N2O2S. The highest BCUT2D eigenvalue weighted by Crippen LogP contribution is 2.34. The minimum atomic E-state index is 0.0149. The molecule has 1 amide bonds. The van der Waals surface area contributed by atoms with Crippen LogP contribution in [0.15, 0.2) is 11.8 Å². The molecule has 1 saturated carbocycles. The Balaban J connectivity index is 2.55. The van der Waals surface area contributed by atoms with Gasteiger partial charge in [-0.3, -0.25) is 4.79 Å². The van der Waals surface area contributed by atoms with Crippen molar-refractivity contribution < 1.29 is 9.53 Å². The average molecular weight is 258 g/mol. The van der Waals surface area contributed by atoms with E-state index in [-0.39, 0.29) is 16.6 Å². The van der Waals surface area contributed by atoms with Gasteiger partial charge in [-0.25, -0.2) is 0 Å². The summed E-state index contributed by atoms with van der Waals surface area (Å²) in [4.78, 5) is 11.4. The molecule has 17 heavy (non-hydrogen) atoms. The number of amides is 1. The van der Waals surface area contributed by atoms with Crippen LogP contribution in [-0.4, -0.2) is 30.8 Å². The fourth-order valence-corrected chi connectivity index (χ4v) is 3.26.